The predicted octanol–water partition coefficient (Wildman–Crippen LogP) is 3.43. The van der Waals surface area contributed by atoms with Gasteiger partial charge in [-0.1, -0.05) is 23.7 Å². The lowest BCUT2D eigenvalue weighted by atomic mass is 10.1. The van der Waals surface area contributed by atoms with Gasteiger partial charge in [0.15, 0.2) is 5.69 Å². The van der Waals surface area contributed by atoms with E-state index in [0.29, 0.717) is 28.6 Å². The number of benzene rings is 2. The van der Waals surface area contributed by atoms with Crippen LogP contribution in [0.4, 0.5) is 5.82 Å². The number of aromatic nitrogens is 5. The Hall–Kier alpha value is -3.90. The molecule has 4 N–H and O–H groups in total. The van der Waals surface area contributed by atoms with Gasteiger partial charge in [0.1, 0.15) is 5.75 Å². The van der Waals surface area contributed by atoms with Crippen molar-refractivity contribution in [2.24, 2.45) is 5.10 Å². The lowest BCUT2D eigenvalue weighted by Crippen LogP contribution is -2.22. The molecule has 0 aliphatic rings. The van der Waals surface area contributed by atoms with Crippen LogP contribution in [-0.2, 0) is 5.75 Å². The fourth-order valence-electron chi connectivity index (χ4n) is 2.97. The fourth-order valence-corrected chi connectivity index (χ4v) is 3.99. The van der Waals surface area contributed by atoms with Crippen LogP contribution >= 0.6 is 23.4 Å². The number of hydrogen-bond donors (Lipinski definition) is 3. The highest BCUT2D eigenvalue weighted by molar-refractivity contribution is 7.98. The highest BCUT2D eigenvalue weighted by atomic mass is 35.5. The molecular weight excluding hydrogens is 480 g/mol. The smallest absolute Gasteiger partial charge is 0.293 e. The van der Waals surface area contributed by atoms with E-state index in [1.54, 1.807) is 36.4 Å². The van der Waals surface area contributed by atoms with Gasteiger partial charge < -0.3 is 10.8 Å². The first-order valence-corrected chi connectivity index (χ1v) is 11.4. The zero-order valence-corrected chi connectivity index (χ0v) is 19.4. The van der Waals surface area contributed by atoms with E-state index in [1.165, 1.54) is 16.4 Å². The maximum atomic E-state index is 13.0. The van der Waals surface area contributed by atoms with Crippen LogP contribution < -0.4 is 11.2 Å². The zero-order chi connectivity index (χ0) is 24.1. The average molecular weight is 499 g/mol. The number of rotatable bonds is 8. The Balaban J connectivity index is 1.61. The van der Waals surface area contributed by atoms with Crippen molar-refractivity contribution in [2.45, 2.75) is 24.0 Å². The number of phenols is 1. The van der Waals surface area contributed by atoms with Gasteiger partial charge >= 0.3 is 0 Å². The molecule has 11 nitrogen and oxygen atoms in total. The van der Waals surface area contributed by atoms with Crippen molar-refractivity contribution in [2.75, 3.05) is 5.73 Å². The van der Waals surface area contributed by atoms with E-state index in [-0.39, 0.29) is 23.1 Å². The van der Waals surface area contributed by atoms with Crippen LogP contribution in [-0.4, -0.2) is 42.0 Å². The van der Waals surface area contributed by atoms with E-state index in [1.807, 2.05) is 19.1 Å². The molecule has 0 spiro atoms. The highest BCUT2D eigenvalue weighted by Gasteiger charge is 2.24. The number of hydrogen-bond acceptors (Lipinski definition) is 10. The van der Waals surface area contributed by atoms with Gasteiger partial charge in [-0.15, -0.1) is 16.9 Å². The van der Waals surface area contributed by atoms with Crippen LogP contribution in [0.25, 0.3) is 5.82 Å². The van der Waals surface area contributed by atoms with Gasteiger partial charge in [-0.2, -0.15) is 9.78 Å². The SMILES string of the molecule is CC/C(=N\NC(=O)c1nnn(-c2nonc2N)c1CSc1ccc(Cl)cc1)c1ccc(O)cc1. The van der Waals surface area contributed by atoms with Crippen molar-refractivity contribution in [1.82, 2.24) is 30.7 Å². The minimum atomic E-state index is -0.558. The van der Waals surface area contributed by atoms with Gasteiger partial charge in [-0.25, -0.2) is 10.1 Å². The molecule has 2 aromatic heterocycles. The van der Waals surface area contributed by atoms with Crippen molar-refractivity contribution in [1.29, 1.82) is 0 Å². The third-order valence-electron chi connectivity index (χ3n) is 4.69. The number of phenolic OH excluding ortho intramolecular Hbond substituents is 1. The number of nitrogens with zero attached hydrogens (tertiary/aromatic N) is 6. The quantitative estimate of drug-likeness (QED) is 0.188. The summed E-state index contributed by atoms with van der Waals surface area (Å²) in [6.45, 7) is 1.91. The van der Waals surface area contributed by atoms with Crippen molar-refractivity contribution >= 4 is 40.8 Å². The number of thioether (sulfide) groups is 1. The van der Waals surface area contributed by atoms with Crippen LogP contribution in [0.3, 0.4) is 0 Å². The van der Waals surface area contributed by atoms with Crippen LogP contribution in [0.5, 0.6) is 5.75 Å². The molecule has 0 bridgehead atoms. The predicted molar refractivity (Wildman–Crippen MR) is 127 cm³/mol. The molecule has 0 saturated carbocycles. The average Bonchev–Trinajstić information content (AvgIpc) is 3.45. The summed E-state index contributed by atoms with van der Waals surface area (Å²) in [5.74, 6) is 0.0294. The summed E-state index contributed by atoms with van der Waals surface area (Å²) in [7, 11) is 0. The van der Waals surface area contributed by atoms with Gasteiger partial charge in [-0.05, 0) is 70.8 Å². The number of anilines is 1. The van der Waals surface area contributed by atoms with Gasteiger partial charge in [0.05, 0.1) is 11.4 Å². The molecule has 0 atom stereocenters. The molecule has 174 valence electrons. The van der Waals surface area contributed by atoms with Crippen molar-refractivity contribution < 1.29 is 14.5 Å². The largest absolute Gasteiger partial charge is 0.508 e. The lowest BCUT2D eigenvalue weighted by molar-refractivity contribution is 0.0949. The second-order valence-electron chi connectivity index (χ2n) is 6.91. The molecule has 0 aliphatic carbocycles. The summed E-state index contributed by atoms with van der Waals surface area (Å²) < 4.78 is 5.99. The Bertz CT molecular complexity index is 1320. The van der Waals surface area contributed by atoms with E-state index in [9.17, 15) is 9.90 Å². The second-order valence-corrected chi connectivity index (χ2v) is 8.40. The molecule has 0 unspecified atom stereocenters. The molecular formula is C21H19ClN8O3S. The molecule has 0 saturated heterocycles. The molecule has 34 heavy (non-hydrogen) atoms. The number of hydrazone groups is 1. The number of amides is 1. The van der Waals surface area contributed by atoms with Crippen LogP contribution in [0.15, 0.2) is 63.2 Å². The van der Waals surface area contributed by atoms with E-state index in [0.717, 1.165) is 10.5 Å². The van der Waals surface area contributed by atoms with Crippen LogP contribution in [0.1, 0.15) is 35.1 Å². The Morgan fingerprint density at radius 1 is 1.21 bits per heavy atom. The van der Waals surface area contributed by atoms with E-state index in [2.05, 4.69) is 35.8 Å². The molecule has 2 heterocycles. The number of halogens is 1. The molecule has 2 aromatic carbocycles. The third-order valence-corrected chi connectivity index (χ3v) is 5.97. The number of carbonyl (C=O) groups excluding carboxylic acids is 1. The van der Waals surface area contributed by atoms with Crippen molar-refractivity contribution in [3.63, 3.8) is 0 Å². The van der Waals surface area contributed by atoms with Gasteiger partial charge in [-0.3, -0.25) is 4.79 Å². The molecule has 0 aliphatic heterocycles. The number of nitrogens with two attached hydrogens (primary N) is 1. The maximum Gasteiger partial charge on any atom is 0.293 e. The molecule has 0 fully saturated rings. The van der Waals surface area contributed by atoms with Crippen LogP contribution in [0.2, 0.25) is 5.02 Å². The summed E-state index contributed by atoms with van der Waals surface area (Å²) in [6.07, 6.45) is 0.554. The minimum Gasteiger partial charge on any atom is -0.508 e. The van der Waals surface area contributed by atoms with Gasteiger partial charge in [0.2, 0.25) is 11.6 Å². The number of nitrogens with one attached hydrogen (secondary N) is 1. The molecule has 13 heteroatoms. The first-order chi connectivity index (χ1) is 16.5. The molecule has 1 amide bonds. The summed E-state index contributed by atoms with van der Waals surface area (Å²) >= 11 is 7.41. The van der Waals surface area contributed by atoms with Gasteiger partial charge in [0, 0.05) is 15.7 Å². The molecule has 4 aromatic rings. The van der Waals surface area contributed by atoms with E-state index < -0.39 is 5.91 Å². The summed E-state index contributed by atoms with van der Waals surface area (Å²) in [6, 6.07) is 13.8. The standard InChI is InChI=1S/C21H19ClN8O3S/c1-2-16(12-3-7-14(31)8-4-12)24-26-21(32)18-17(11-34-15-9-5-13(22)6-10-15)30(29-25-18)20-19(23)27-33-28-20/h3-10,31H,2,11H2,1H3,(H2,23,27)(H,26,32)/b24-16+. The topological polar surface area (TPSA) is 157 Å². The normalized spacial score (nSPS) is 11.5. The fraction of sp³-hybridized carbons (Fsp3) is 0.143. The van der Waals surface area contributed by atoms with Gasteiger partial charge in [0.25, 0.3) is 5.91 Å². The van der Waals surface area contributed by atoms with Crippen molar-refractivity contribution in [3.05, 3.63) is 70.5 Å². The maximum absolute atomic E-state index is 13.0. The molecule has 0 radical (unpaired) electrons. The highest BCUT2D eigenvalue weighted by Crippen LogP contribution is 2.27. The number of nitrogen functional groups attached to an aromatic ring is 1. The molecule has 4 rings (SSSR count). The summed E-state index contributed by atoms with van der Waals surface area (Å²) in [5, 5.41) is 29.8. The Morgan fingerprint density at radius 3 is 2.59 bits per heavy atom. The van der Waals surface area contributed by atoms with E-state index in [4.69, 9.17) is 17.3 Å². The number of aromatic hydroxyl groups is 1. The second kappa shape index (κ2) is 10.4. The first-order valence-electron chi connectivity index (χ1n) is 10.0. The van der Waals surface area contributed by atoms with Crippen LogP contribution in [0, 0.1) is 0 Å². The third kappa shape index (κ3) is 5.18. The Kier molecular flexibility index (Phi) is 7.09. The monoisotopic (exact) mass is 498 g/mol. The Morgan fingerprint density at radius 2 is 1.94 bits per heavy atom. The number of carbonyl (C=O) groups is 1. The van der Waals surface area contributed by atoms with Crippen molar-refractivity contribution in [3.8, 4) is 11.6 Å². The minimum absolute atomic E-state index is 0.00761. The van der Waals surface area contributed by atoms with E-state index >= 15 is 0 Å². The first kappa shape index (κ1) is 23.3. The zero-order valence-electron chi connectivity index (χ0n) is 17.8. The summed E-state index contributed by atoms with van der Waals surface area (Å²) in [5.41, 5.74) is 10.2. The summed E-state index contributed by atoms with van der Waals surface area (Å²) in [4.78, 5) is 13.9. The Labute approximate surface area is 202 Å². The lowest BCUT2D eigenvalue weighted by Gasteiger charge is -2.07.